The third-order valence-corrected chi connectivity index (χ3v) is 6.24. The number of carbonyl (C=O) groups is 1. The predicted octanol–water partition coefficient (Wildman–Crippen LogP) is 4.60. The molecule has 1 amide bonds. The van der Waals surface area contributed by atoms with Crippen molar-refractivity contribution in [1.29, 1.82) is 0 Å². The molecule has 3 heterocycles. The molecule has 1 aliphatic heterocycles. The van der Waals surface area contributed by atoms with Crippen LogP contribution in [0.25, 0.3) is 5.52 Å². The van der Waals surface area contributed by atoms with E-state index in [2.05, 4.69) is 15.9 Å². The van der Waals surface area contributed by atoms with Gasteiger partial charge < -0.3 is 14.0 Å². The van der Waals surface area contributed by atoms with Crippen LogP contribution in [-0.2, 0) is 0 Å². The first-order valence-electron chi connectivity index (χ1n) is 8.00. The van der Waals surface area contributed by atoms with E-state index in [4.69, 9.17) is 4.74 Å². The van der Waals surface area contributed by atoms with Gasteiger partial charge in [0.25, 0.3) is 5.91 Å². The molecule has 4 rings (SSSR count). The third-order valence-electron chi connectivity index (χ3n) is 4.36. The Morgan fingerprint density at radius 2 is 2.16 bits per heavy atom. The van der Waals surface area contributed by atoms with Crippen molar-refractivity contribution < 1.29 is 9.53 Å². The van der Waals surface area contributed by atoms with Crippen molar-refractivity contribution in [3.05, 3.63) is 70.5 Å². The van der Waals surface area contributed by atoms with Gasteiger partial charge in [-0.3, -0.25) is 4.79 Å². The lowest BCUT2D eigenvalue weighted by atomic mass is 10.2. The summed E-state index contributed by atoms with van der Waals surface area (Å²) < 4.78 is 8.19. The second-order valence-electron chi connectivity index (χ2n) is 5.88. The minimum Gasteiger partial charge on any atom is -0.496 e. The number of hydrogen-bond acceptors (Lipinski definition) is 3. The molecule has 1 atom stereocenters. The van der Waals surface area contributed by atoms with E-state index >= 15 is 0 Å². The van der Waals surface area contributed by atoms with Gasteiger partial charge in [0.15, 0.2) is 0 Å². The van der Waals surface area contributed by atoms with Crippen molar-refractivity contribution in [2.45, 2.75) is 5.37 Å². The van der Waals surface area contributed by atoms with Crippen LogP contribution in [-0.4, -0.2) is 34.6 Å². The number of ether oxygens (including phenoxy) is 1. The molecule has 128 valence electrons. The second-order valence-corrected chi connectivity index (χ2v) is 7.92. The Labute approximate surface area is 158 Å². The Kier molecular flexibility index (Phi) is 4.48. The number of amides is 1. The van der Waals surface area contributed by atoms with Gasteiger partial charge in [0.2, 0.25) is 0 Å². The van der Waals surface area contributed by atoms with Crippen molar-refractivity contribution in [1.82, 2.24) is 9.30 Å². The molecule has 0 radical (unpaired) electrons. The zero-order valence-electron chi connectivity index (χ0n) is 13.7. The molecule has 0 bridgehead atoms. The molecule has 1 aliphatic rings. The number of nitrogens with zero attached hydrogens (tertiary/aromatic N) is 2. The number of benzene rings is 1. The summed E-state index contributed by atoms with van der Waals surface area (Å²) in [6.07, 6.45) is 3.87. The van der Waals surface area contributed by atoms with Gasteiger partial charge in [0.05, 0.1) is 17.1 Å². The molecule has 6 heteroatoms. The molecule has 25 heavy (non-hydrogen) atoms. The molecule has 1 unspecified atom stereocenters. The van der Waals surface area contributed by atoms with Crippen LogP contribution in [0.3, 0.4) is 0 Å². The Morgan fingerprint density at radius 1 is 1.28 bits per heavy atom. The van der Waals surface area contributed by atoms with E-state index in [-0.39, 0.29) is 11.3 Å². The zero-order chi connectivity index (χ0) is 17.4. The number of halogens is 1. The molecular weight excluding hydrogens is 400 g/mol. The monoisotopic (exact) mass is 416 g/mol. The van der Waals surface area contributed by atoms with E-state index < -0.39 is 0 Å². The van der Waals surface area contributed by atoms with Crippen molar-refractivity contribution >= 4 is 39.1 Å². The first kappa shape index (κ1) is 16.5. The van der Waals surface area contributed by atoms with Crippen LogP contribution in [0.2, 0.25) is 0 Å². The SMILES string of the molecule is COc1ccc(C2SCCN2C(=O)c2cc3ccccn3c2)cc1Br. The van der Waals surface area contributed by atoms with Gasteiger partial charge in [-0.15, -0.1) is 11.8 Å². The molecule has 2 aromatic heterocycles. The zero-order valence-corrected chi connectivity index (χ0v) is 16.1. The third kappa shape index (κ3) is 3.04. The lowest BCUT2D eigenvalue weighted by molar-refractivity contribution is 0.0760. The van der Waals surface area contributed by atoms with E-state index in [0.717, 1.165) is 39.2 Å². The second kappa shape index (κ2) is 6.77. The van der Waals surface area contributed by atoms with Crippen molar-refractivity contribution in [2.24, 2.45) is 0 Å². The highest BCUT2D eigenvalue weighted by molar-refractivity contribution is 9.10. The summed E-state index contributed by atoms with van der Waals surface area (Å²) in [6.45, 7) is 0.754. The van der Waals surface area contributed by atoms with E-state index in [1.807, 2.05) is 64.2 Å². The van der Waals surface area contributed by atoms with E-state index in [1.54, 1.807) is 18.9 Å². The van der Waals surface area contributed by atoms with Crippen LogP contribution in [0.4, 0.5) is 0 Å². The maximum Gasteiger partial charge on any atom is 0.256 e. The average Bonchev–Trinajstić information content (AvgIpc) is 3.28. The molecule has 3 aromatic rings. The number of thioether (sulfide) groups is 1. The van der Waals surface area contributed by atoms with Gasteiger partial charge in [-0.2, -0.15) is 0 Å². The van der Waals surface area contributed by atoms with Crippen LogP contribution in [0.15, 0.2) is 59.3 Å². The molecule has 0 spiro atoms. The number of carbonyl (C=O) groups excluding carboxylic acids is 1. The Hall–Kier alpha value is -1.92. The highest BCUT2D eigenvalue weighted by Crippen LogP contribution is 2.41. The molecule has 1 aromatic carbocycles. The minimum absolute atomic E-state index is 0.0257. The normalized spacial score (nSPS) is 17.2. The van der Waals surface area contributed by atoms with E-state index in [0.29, 0.717) is 0 Å². The Balaban J connectivity index is 1.64. The van der Waals surface area contributed by atoms with Crippen molar-refractivity contribution in [3.8, 4) is 5.75 Å². The van der Waals surface area contributed by atoms with Gasteiger partial charge in [-0.25, -0.2) is 0 Å². The van der Waals surface area contributed by atoms with Crippen LogP contribution in [0, 0.1) is 0 Å². The topological polar surface area (TPSA) is 34.0 Å². The first-order chi connectivity index (χ1) is 12.2. The summed E-state index contributed by atoms with van der Waals surface area (Å²) in [4.78, 5) is 15.0. The lowest BCUT2D eigenvalue weighted by Crippen LogP contribution is -2.30. The van der Waals surface area contributed by atoms with Crippen LogP contribution in [0.5, 0.6) is 5.75 Å². The van der Waals surface area contributed by atoms with Gasteiger partial charge >= 0.3 is 0 Å². The smallest absolute Gasteiger partial charge is 0.256 e. The highest BCUT2D eigenvalue weighted by atomic mass is 79.9. The first-order valence-corrected chi connectivity index (χ1v) is 9.84. The van der Waals surface area contributed by atoms with E-state index in [1.165, 1.54) is 0 Å². The van der Waals surface area contributed by atoms with Crippen molar-refractivity contribution in [2.75, 3.05) is 19.4 Å². The molecule has 4 nitrogen and oxygen atoms in total. The molecule has 1 saturated heterocycles. The summed E-state index contributed by atoms with van der Waals surface area (Å²) in [5.74, 6) is 1.81. The lowest BCUT2D eigenvalue weighted by Gasteiger charge is -2.24. The van der Waals surface area contributed by atoms with Crippen LogP contribution >= 0.6 is 27.7 Å². The number of pyridine rings is 1. The fourth-order valence-electron chi connectivity index (χ4n) is 3.13. The summed E-state index contributed by atoms with van der Waals surface area (Å²) >= 11 is 5.33. The molecule has 0 saturated carbocycles. The Bertz CT molecular complexity index is 907. The molecule has 0 N–H and O–H groups in total. The summed E-state index contributed by atoms with van der Waals surface area (Å²) in [7, 11) is 1.65. The van der Waals surface area contributed by atoms with Gasteiger partial charge in [0.1, 0.15) is 11.1 Å². The average molecular weight is 417 g/mol. The van der Waals surface area contributed by atoms with Gasteiger partial charge in [0, 0.05) is 30.2 Å². The van der Waals surface area contributed by atoms with Gasteiger partial charge in [-0.05, 0) is 51.8 Å². The quantitative estimate of drug-likeness (QED) is 0.625. The molecule has 0 aliphatic carbocycles. The van der Waals surface area contributed by atoms with Gasteiger partial charge in [-0.1, -0.05) is 12.1 Å². The highest BCUT2D eigenvalue weighted by Gasteiger charge is 2.32. The predicted molar refractivity (Wildman–Crippen MR) is 104 cm³/mol. The minimum atomic E-state index is 0.0257. The van der Waals surface area contributed by atoms with Crippen molar-refractivity contribution in [3.63, 3.8) is 0 Å². The maximum atomic E-state index is 13.1. The number of fused-ring (bicyclic) bond motifs is 1. The maximum absolute atomic E-state index is 13.1. The fourth-order valence-corrected chi connectivity index (χ4v) is 4.93. The number of aromatic nitrogens is 1. The van der Waals surface area contributed by atoms with E-state index in [9.17, 15) is 4.79 Å². The summed E-state index contributed by atoms with van der Waals surface area (Å²) in [5, 5.41) is 0.0257. The number of methoxy groups -OCH3 is 1. The number of hydrogen-bond donors (Lipinski definition) is 0. The van der Waals surface area contributed by atoms with Crippen LogP contribution < -0.4 is 4.74 Å². The standard InChI is InChI=1S/C19H17BrN2O2S/c1-24-17-6-5-13(11-16(17)20)19-22(8-9-25-19)18(23)14-10-15-4-2-3-7-21(15)12-14/h2-7,10-12,19H,8-9H2,1H3. The van der Waals surface area contributed by atoms with Crippen LogP contribution in [0.1, 0.15) is 21.3 Å². The fraction of sp³-hybridized carbons (Fsp3) is 0.211. The largest absolute Gasteiger partial charge is 0.496 e. The Morgan fingerprint density at radius 3 is 2.92 bits per heavy atom. The molecule has 1 fully saturated rings. The number of rotatable bonds is 3. The molecular formula is C19H17BrN2O2S. The summed E-state index contributed by atoms with van der Waals surface area (Å²) in [6, 6.07) is 13.9. The summed E-state index contributed by atoms with van der Waals surface area (Å²) in [5.41, 5.74) is 2.86.